The molecule has 1 atom stereocenters. The second-order valence-electron chi connectivity index (χ2n) is 8.26. The topological polar surface area (TPSA) is 88.5 Å². The van der Waals surface area contributed by atoms with Gasteiger partial charge in [-0.1, -0.05) is 12.1 Å². The van der Waals surface area contributed by atoms with E-state index in [0.29, 0.717) is 17.2 Å². The van der Waals surface area contributed by atoms with Gasteiger partial charge in [0.05, 0.1) is 29.6 Å². The van der Waals surface area contributed by atoms with Gasteiger partial charge in [-0.2, -0.15) is 15.5 Å². The Morgan fingerprint density at radius 2 is 1.93 bits per heavy atom. The van der Waals surface area contributed by atoms with E-state index in [-0.39, 0.29) is 18.0 Å². The molecular weight excluding hydrogens is 376 g/mol. The average molecular weight is 403 g/mol. The third-order valence-corrected chi connectivity index (χ3v) is 5.50. The average Bonchev–Trinajstić information content (AvgIpc) is 3.34. The van der Waals surface area contributed by atoms with Crippen molar-refractivity contribution in [3.8, 4) is 17.3 Å². The molecule has 1 aromatic carbocycles. The second-order valence-corrected chi connectivity index (χ2v) is 8.26. The zero-order chi connectivity index (χ0) is 21.4. The standard InChI is InChI=1S/C23H26N6O/c1-14(2)29-22(23(30)26-15(3)19-12-25-28(4)13-19)20(17-9-10-17)21(27-29)18-7-5-16(11-24)6-8-18/h5-8,12-15,17H,9-10H2,1-4H3,(H,26,30). The number of hydrogen-bond acceptors (Lipinski definition) is 4. The molecule has 1 amide bonds. The van der Waals surface area contributed by atoms with E-state index in [9.17, 15) is 4.79 Å². The number of benzene rings is 1. The molecule has 1 saturated carbocycles. The summed E-state index contributed by atoms with van der Waals surface area (Å²) in [5.41, 5.74) is 5.01. The third kappa shape index (κ3) is 3.73. The van der Waals surface area contributed by atoms with Gasteiger partial charge in [0.15, 0.2) is 0 Å². The lowest BCUT2D eigenvalue weighted by Crippen LogP contribution is -2.30. The van der Waals surface area contributed by atoms with Crippen molar-refractivity contribution in [2.45, 2.75) is 51.6 Å². The van der Waals surface area contributed by atoms with Crippen LogP contribution in [0.15, 0.2) is 36.7 Å². The third-order valence-electron chi connectivity index (χ3n) is 5.50. The van der Waals surface area contributed by atoms with E-state index in [1.807, 2.05) is 50.8 Å². The number of nitriles is 1. The molecule has 0 saturated heterocycles. The van der Waals surface area contributed by atoms with Crippen molar-refractivity contribution in [1.82, 2.24) is 24.9 Å². The van der Waals surface area contributed by atoms with Crippen LogP contribution in [0.5, 0.6) is 0 Å². The molecule has 0 spiro atoms. The molecule has 0 bridgehead atoms. The molecule has 1 unspecified atom stereocenters. The minimum Gasteiger partial charge on any atom is -0.344 e. The summed E-state index contributed by atoms with van der Waals surface area (Å²) in [6, 6.07) is 9.46. The zero-order valence-corrected chi connectivity index (χ0v) is 17.8. The highest BCUT2D eigenvalue weighted by atomic mass is 16.2. The molecular formula is C23H26N6O. The van der Waals surface area contributed by atoms with Gasteiger partial charge < -0.3 is 5.32 Å². The predicted molar refractivity (Wildman–Crippen MR) is 114 cm³/mol. The molecule has 2 heterocycles. The minimum atomic E-state index is -0.160. The molecule has 4 rings (SSSR count). The van der Waals surface area contributed by atoms with E-state index >= 15 is 0 Å². The van der Waals surface area contributed by atoms with Crippen LogP contribution < -0.4 is 5.32 Å². The van der Waals surface area contributed by atoms with E-state index < -0.39 is 0 Å². The smallest absolute Gasteiger partial charge is 0.270 e. The lowest BCUT2D eigenvalue weighted by Gasteiger charge is -2.16. The van der Waals surface area contributed by atoms with Gasteiger partial charge in [-0.3, -0.25) is 14.2 Å². The highest BCUT2D eigenvalue weighted by molar-refractivity contribution is 5.96. The lowest BCUT2D eigenvalue weighted by atomic mass is 10.0. The fourth-order valence-electron chi connectivity index (χ4n) is 3.73. The van der Waals surface area contributed by atoms with Crippen molar-refractivity contribution < 1.29 is 4.79 Å². The van der Waals surface area contributed by atoms with Crippen LogP contribution in [0.4, 0.5) is 0 Å². The molecule has 3 aromatic rings. The Balaban J connectivity index is 1.75. The van der Waals surface area contributed by atoms with Crippen molar-refractivity contribution >= 4 is 5.91 Å². The Labute approximate surface area is 176 Å². The number of amides is 1. The number of carbonyl (C=O) groups excluding carboxylic acids is 1. The Morgan fingerprint density at radius 1 is 1.23 bits per heavy atom. The predicted octanol–water partition coefficient (Wildman–Crippen LogP) is 4.10. The van der Waals surface area contributed by atoms with Gasteiger partial charge in [0, 0.05) is 36.0 Å². The van der Waals surface area contributed by atoms with Crippen LogP contribution in [-0.4, -0.2) is 25.5 Å². The first-order valence-electron chi connectivity index (χ1n) is 10.3. The zero-order valence-electron chi connectivity index (χ0n) is 17.8. The van der Waals surface area contributed by atoms with Crippen LogP contribution in [-0.2, 0) is 7.05 Å². The summed E-state index contributed by atoms with van der Waals surface area (Å²) in [5, 5.41) is 21.3. The van der Waals surface area contributed by atoms with E-state index in [1.54, 1.807) is 23.0 Å². The maximum absolute atomic E-state index is 13.4. The van der Waals surface area contributed by atoms with Crippen molar-refractivity contribution in [3.63, 3.8) is 0 Å². The molecule has 154 valence electrons. The summed E-state index contributed by atoms with van der Waals surface area (Å²) in [7, 11) is 1.86. The van der Waals surface area contributed by atoms with E-state index in [0.717, 1.165) is 35.2 Å². The molecule has 0 radical (unpaired) electrons. The van der Waals surface area contributed by atoms with Crippen molar-refractivity contribution in [2.75, 3.05) is 0 Å². The molecule has 2 aromatic heterocycles. The molecule has 7 nitrogen and oxygen atoms in total. The van der Waals surface area contributed by atoms with Crippen molar-refractivity contribution in [3.05, 3.63) is 59.0 Å². The first kappa shape index (κ1) is 19.9. The largest absolute Gasteiger partial charge is 0.344 e. The first-order valence-corrected chi connectivity index (χ1v) is 10.3. The Hall–Kier alpha value is -3.40. The van der Waals surface area contributed by atoms with Gasteiger partial charge >= 0.3 is 0 Å². The van der Waals surface area contributed by atoms with Crippen LogP contribution in [0.1, 0.15) is 78.8 Å². The quantitative estimate of drug-likeness (QED) is 0.672. The number of aryl methyl sites for hydroxylation is 1. The van der Waals surface area contributed by atoms with Gasteiger partial charge in [0.25, 0.3) is 5.91 Å². The summed E-state index contributed by atoms with van der Waals surface area (Å²) in [6.45, 7) is 6.03. The van der Waals surface area contributed by atoms with Gasteiger partial charge in [-0.05, 0) is 51.7 Å². The molecule has 1 aliphatic rings. The Bertz CT molecular complexity index is 1110. The fourth-order valence-corrected chi connectivity index (χ4v) is 3.73. The van der Waals surface area contributed by atoms with E-state index in [1.165, 1.54) is 0 Å². The number of hydrogen-bond donors (Lipinski definition) is 1. The van der Waals surface area contributed by atoms with Crippen LogP contribution >= 0.6 is 0 Å². The highest BCUT2D eigenvalue weighted by Crippen LogP contribution is 2.46. The monoisotopic (exact) mass is 402 g/mol. The summed E-state index contributed by atoms with van der Waals surface area (Å²) in [6.07, 6.45) is 5.81. The Kier molecular flexibility index (Phi) is 5.17. The van der Waals surface area contributed by atoms with Crippen molar-refractivity contribution in [2.24, 2.45) is 7.05 Å². The fraction of sp³-hybridized carbons (Fsp3) is 0.391. The molecule has 30 heavy (non-hydrogen) atoms. The lowest BCUT2D eigenvalue weighted by molar-refractivity contribution is 0.0926. The molecule has 0 aliphatic heterocycles. The molecule has 1 aliphatic carbocycles. The number of nitrogens with zero attached hydrogens (tertiary/aromatic N) is 5. The van der Waals surface area contributed by atoms with Crippen LogP contribution in [0, 0.1) is 11.3 Å². The number of nitrogens with one attached hydrogen (secondary N) is 1. The summed E-state index contributed by atoms with van der Waals surface area (Å²) >= 11 is 0. The van der Waals surface area contributed by atoms with E-state index in [4.69, 9.17) is 10.4 Å². The molecule has 1 fully saturated rings. The van der Waals surface area contributed by atoms with Crippen LogP contribution in [0.3, 0.4) is 0 Å². The molecule has 1 N–H and O–H groups in total. The van der Waals surface area contributed by atoms with Crippen LogP contribution in [0.2, 0.25) is 0 Å². The minimum absolute atomic E-state index is 0.0454. The van der Waals surface area contributed by atoms with E-state index in [2.05, 4.69) is 16.5 Å². The normalized spacial score (nSPS) is 14.5. The van der Waals surface area contributed by atoms with Gasteiger partial charge in [-0.25, -0.2) is 0 Å². The Morgan fingerprint density at radius 3 is 2.47 bits per heavy atom. The summed E-state index contributed by atoms with van der Waals surface area (Å²) < 4.78 is 3.57. The summed E-state index contributed by atoms with van der Waals surface area (Å²) in [4.78, 5) is 13.4. The number of rotatable bonds is 6. The van der Waals surface area contributed by atoms with Gasteiger partial charge in [0.2, 0.25) is 0 Å². The SMILES string of the molecule is CC(NC(=O)c1c(C2CC2)c(-c2ccc(C#N)cc2)nn1C(C)C)c1cnn(C)c1. The maximum Gasteiger partial charge on any atom is 0.270 e. The highest BCUT2D eigenvalue weighted by Gasteiger charge is 2.36. The van der Waals surface area contributed by atoms with Crippen LogP contribution in [0.25, 0.3) is 11.3 Å². The second kappa shape index (κ2) is 7.79. The summed E-state index contributed by atoms with van der Waals surface area (Å²) in [5.74, 6) is 0.229. The van der Waals surface area contributed by atoms with Crippen molar-refractivity contribution in [1.29, 1.82) is 5.26 Å². The molecule has 7 heteroatoms. The number of carbonyl (C=O) groups is 1. The van der Waals surface area contributed by atoms with Gasteiger partial charge in [0.1, 0.15) is 5.69 Å². The first-order chi connectivity index (χ1) is 14.4. The number of aromatic nitrogens is 4. The maximum atomic E-state index is 13.4. The van der Waals surface area contributed by atoms with Gasteiger partial charge in [-0.15, -0.1) is 0 Å².